The summed E-state index contributed by atoms with van der Waals surface area (Å²) in [6.45, 7) is 13.1. The van der Waals surface area contributed by atoms with E-state index in [4.69, 9.17) is 19.9 Å². The van der Waals surface area contributed by atoms with E-state index in [0.717, 1.165) is 12.0 Å². The minimum Gasteiger partial charge on any atom is -0.467 e. The second kappa shape index (κ2) is 19.9. The molecule has 288 valence electrons. The van der Waals surface area contributed by atoms with Gasteiger partial charge in [-0.3, -0.25) is 19.2 Å². The Hall–Kier alpha value is -3.55. The Morgan fingerprint density at radius 2 is 1.63 bits per heavy atom. The molecule has 0 aliphatic carbocycles. The molecule has 0 bridgehead atoms. The van der Waals surface area contributed by atoms with Crippen LogP contribution in [0.5, 0.6) is 0 Å². The Labute approximate surface area is 304 Å². The van der Waals surface area contributed by atoms with Gasteiger partial charge >= 0.3 is 5.97 Å². The van der Waals surface area contributed by atoms with Crippen molar-refractivity contribution in [3.05, 3.63) is 35.9 Å². The number of methoxy groups -OCH3 is 3. The largest absolute Gasteiger partial charge is 0.467 e. The number of carbonyl (C=O) groups is 5. The zero-order valence-electron chi connectivity index (χ0n) is 32.6. The van der Waals surface area contributed by atoms with Crippen molar-refractivity contribution >= 4 is 29.6 Å². The molecular formula is C38H63N5O8. The molecule has 1 aliphatic rings. The number of carbonyl (C=O) groups excluding carboxylic acids is 5. The standard InChI is InChI=1S/C38H63N5O8/c1-12-24(4)32(42(8)35(46)31(23(2)3)41-37(48)38(6,7)39)29(49-9)22-30(44)43-20-16-19-28(43)33(50-10)25(5)34(45)40-27(36(47)51-11)21-26-17-14-13-15-18-26/h13-15,17-18,23-25,27-29,31-33H,12,16,19-22,39H2,1-11H3,(H,40,45)(H,41,48)/t24-,25+,27-,28-,29+,31-,32-,33+/m0/s1. The molecule has 0 spiro atoms. The summed E-state index contributed by atoms with van der Waals surface area (Å²) in [5, 5.41) is 5.67. The lowest BCUT2D eigenvalue weighted by atomic mass is 9.89. The minimum absolute atomic E-state index is 0.00728. The lowest BCUT2D eigenvalue weighted by Crippen LogP contribution is -2.60. The molecular weight excluding hydrogens is 654 g/mol. The number of hydrogen-bond acceptors (Lipinski definition) is 9. The maximum Gasteiger partial charge on any atom is 0.328 e. The summed E-state index contributed by atoms with van der Waals surface area (Å²) in [7, 11) is 6.02. The maximum absolute atomic E-state index is 14.1. The van der Waals surface area contributed by atoms with E-state index in [1.165, 1.54) is 21.3 Å². The van der Waals surface area contributed by atoms with E-state index in [9.17, 15) is 24.0 Å². The van der Waals surface area contributed by atoms with Crippen molar-refractivity contribution in [2.45, 2.75) is 122 Å². The summed E-state index contributed by atoms with van der Waals surface area (Å²) in [5.41, 5.74) is 5.72. The van der Waals surface area contributed by atoms with Crippen LogP contribution >= 0.6 is 0 Å². The molecule has 1 heterocycles. The number of rotatable bonds is 19. The molecule has 0 unspecified atom stereocenters. The third-order valence-corrected chi connectivity index (χ3v) is 10.1. The maximum atomic E-state index is 14.1. The number of ether oxygens (including phenoxy) is 3. The van der Waals surface area contributed by atoms with Crippen LogP contribution < -0.4 is 16.4 Å². The number of hydrogen-bond donors (Lipinski definition) is 3. The van der Waals surface area contributed by atoms with Crippen LogP contribution in [0.25, 0.3) is 0 Å². The van der Waals surface area contributed by atoms with Crippen molar-refractivity contribution in [2.24, 2.45) is 23.5 Å². The second-order valence-electron chi connectivity index (χ2n) is 14.8. The number of likely N-dealkylation sites (tertiary alicyclic amines) is 1. The highest BCUT2D eigenvalue weighted by Gasteiger charge is 2.43. The Morgan fingerprint density at radius 1 is 1.00 bits per heavy atom. The van der Waals surface area contributed by atoms with Crippen LogP contribution in [-0.4, -0.2) is 116 Å². The minimum atomic E-state index is -1.17. The molecule has 1 fully saturated rings. The van der Waals surface area contributed by atoms with Gasteiger partial charge in [-0.05, 0) is 44.1 Å². The van der Waals surface area contributed by atoms with Gasteiger partial charge in [-0.15, -0.1) is 0 Å². The molecule has 1 aromatic rings. The molecule has 1 aromatic carbocycles. The molecule has 1 saturated heterocycles. The SMILES string of the molecule is CC[C@H](C)[C@@H]([C@@H](CC(=O)N1CCC[C@H]1[C@H](OC)[C@@H](C)C(=O)N[C@@H](Cc1ccccc1)C(=O)OC)OC)N(C)C(=O)[C@@H](NC(=O)C(C)(C)N)C(C)C. The third-order valence-electron chi connectivity index (χ3n) is 10.1. The predicted molar refractivity (Wildman–Crippen MR) is 195 cm³/mol. The molecule has 13 nitrogen and oxygen atoms in total. The first-order chi connectivity index (χ1) is 23.9. The summed E-state index contributed by atoms with van der Waals surface area (Å²) in [4.78, 5) is 70.4. The molecule has 8 atom stereocenters. The van der Waals surface area contributed by atoms with E-state index in [2.05, 4.69) is 10.6 Å². The van der Waals surface area contributed by atoms with Crippen molar-refractivity contribution in [1.29, 1.82) is 0 Å². The molecule has 51 heavy (non-hydrogen) atoms. The first-order valence-electron chi connectivity index (χ1n) is 18.1. The lowest BCUT2D eigenvalue weighted by Gasteiger charge is -2.41. The van der Waals surface area contributed by atoms with E-state index < -0.39 is 59.7 Å². The number of amides is 4. The average molecular weight is 718 g/mol. The van der Waals surface area contributed by atoms with E-state index >= 15 is 0 Å². The third kappa shape index (κ3) is 11.7. The van der Waals surface area contributed by atoms with Gasteiger partial charge in [-0.25, -0.2) is 4.79 Å². The average Bonchev–Trinajstić information content (AvgIpc) is 3.58. The van der Waals surface area contributed by atoms with Gasteiger partial charge in [0.2, 0.25) is 23.6 Å². The number of nitrogens with one attached hydrogen (secondary N) is 2. The first kappa shape index (κ1) is 43.6. The summed E-state index contributed by atoms with van der Waals surface area (Å²) in [6, 6.07) is 6.76. The van der Waals surface area contributed by atoms with Gasteiger partial charge in [-0.1, -0.05) is 71.4 Å². The van der Waals surface area contributed by atoms with E-state index in [-0.39, 0.29) is 42.4 Å². The number of benzene rings is 1. The van der Waals surface area contributed by atoms with Gasteiger partial charge in [0.05, 0.1) is 49.3 Å². The lowest BCUT2D eigenvalue weighted by molar-refractivity contribution is -0.149. The van der Waals surface area contributed by atoms with Crippen LogP contribution in [0.15, 0.2) is 30.3 Å². The second-order valence-corrected chi connectivity index (χ2v) is 14.8. The van der Waals surface area contributed by atoms with Gasteiger partial charge < -0.3 is 40.4 Å². The quantitative estimate of drug-likeness (QED) is 0.182. The Morgan fingerprint density at radius 3 is 2.14 bits per heavy atom. The normalized spacial score (nSPS) is 18.9. The zero-order chi connectivity index (χ0) is 38.6. The van der Waals surface area contributed by atoms with Gasteiger partial charge in [0.1, 0.15) is 12.1 Å². The number of nitrogens with two attached hydrogens (primary N) is 1. The Balaban J connectivity index is 2.27. The molecule has 0 saturated carbocycles. The van der Waals surface area contributed by atoms with Crippen LogP contribution in [0.3, 0.4) is 0 Å². The Kier molecular flexibility index (Phi) is 17.0. The van der Waals surface area contributed by atoms with Crippen molar-refractivity contribution in [2.75, 3.05) is 34.9 Å². The van der Waals surface area contributed by atoms with Crippen LogP contribution in [-0.2, 0) is 44.6 Å². The molecule has 13 heteroatoms. The molecule has 4 N–H and O–H groups in total. The van der Waals surface area contributed by atoms with Gasteiger partial charge in [0.25, 0.3) is 0 Å². The van der Waals surface area contributed by atoms with Crippen LogP contribution in [0.4, 0.5) is 0 Å². The highest BCUT2D eigenvalue weighted by atomic mass is 16.5. The fourth-order valence-electron chi connectivity index (χ4n) is 6.85. The first-order valence-corrected chi connectivity index (χ1v) is 18.1. The zero-order valence-corrected chi connectivity index (χ0v) is 32.6. The van der Waals surface area contributed by atoms with E-state index in [1.807, 2.05) is 58.0 Å². The number of nitrogens with zero attached hydrogens (tertiary/aromatic N) is 2. The molecule has 4 amide bonds. The molecule has 0 aromatic heterocycles. The summed E-state index contributed by atoms with van der Waals surface area (Å²) in [5.74, 6) is -2.81. The fourth-order valence-corrected chi connectivity index (χ4v) is 6.85. The van der Waals surface area contributed by atoms with Crippen molar-refractivity contribution in [3.8, 4) is 0 Å². The van der Waals surface area contributed by atoms with Crippen LogP contribution in [0.1, 0.15) is 79.7 Å². The molecule has 0 radical (unpaired) electrons. The predicted octanol–water partition coefficient (Wildman–Crippen LogP) is 2.69. The highest BCUT2D eigenvalue weighted by molar-refractivity contribution is 5.92. The van der Waals surface area contributed by atoms with E-state index in [0.29, 0.717) is 19.4 Å². The van der Waals surface area contributed by atoms with Gasteiger partial charge in [0.15, 0.2) is 0 Å². The van der Waals surface area contributed by atoms with Crippen LogP contribution in [0, 0.1) is 17.8 Å². The van der Waals surface area contributed by atoms with Gasteiger partial charge in [0, 0.05) is 34.2 Å². The highest BCUT2D eigenvalue weighted by Crippen LogP contribution is 2.30. The summed E-state index contributed by atoms with van der Waals surface area (Å²) >= 11 is 0. The number of esters is 1. The topological polar surface area (TPSA) is 170 Å². The van der Waals surface area contributed by atoms with Gasteiger partial charge in [-0.2, -0.15) is 0 Å². The van der Waals surface area contributed by atoms with Crippen molar-refractivity contribution in [3.63, 3.8) is 0 Å². The summed E-state index contributed by atoms with van der Waals surface area (Å²) in [6.07, 6.45) is 1.02. The number of likely N-dealkylation sites (N-methyl/N-ethyl adjacent to an activating group) is 1. The smallest absolute Gasteiger partial charge is 0.328 e. The fraction of sp³-hybridized carbons (Fsp3) is 0.711. The molecule has 1 aliphatic heterocycles. The van der Waals surface area contributed by atoms with E-state index in [1.54, 1.807) is 37.6 Å². The van der Waals surface area contributed by atoms with Crippen molar-refractivity contribution < 1.29 is 38.2 Å². The van der Waals surface area contributed by atoms with Crippen molar-refractivity contribution in [1.82, 2.24) is 20.4 Å². The monoisotopic (exact) mass is 717 g/mol. The summed E-state index contributed by atoms with van der Waals surface area (Å²) < 4.78 is 16.8. The molecule has 2 rings (SSSR count). The van der Waals surface area contributed by atoms with Crippen LogP contribution in [0.2, 0.25) is 0 Å². The Bertz CT molecular complexity index is 1300.